The fraction of sp³-hybridized carbons (Fsp3) is 0.927. The van der Waals surface area contributed by atoms with Crippen LogP contribution in [0.1, 0.15) is 113 Å². The first kappa shape index (κ1) is 40.0. The van der Waals surface area contributed by atoms with Crippen LogP contribution < -0.4 is 0 Å². The van der Waals surface area contributed by atoms with Crippen molar-refractivity contribution in [2.45, 2.75) is 174 Å². The summed E-state index contributed by atoms with van der Waals surface area (Å²) < 4.78 is 23.9. The molecule has 0 unspecified atom stereocenters. The summed E-state index contributed by atoms with van der Waals surface area (Å²) in [5, 5.41) is 74.7. The van der Waals surface area contributed by atoms with Crippen LogP contribution in [0, 0.1) is 50.2 Å². The number of ether oxygens (including phenoxy) is 4. The van der Waals surface area contributed by atoms with Gasteiger partial charge in [-0.05, 0) is 111 Å². The van der Waals surface area contributed by atoms with Gasteiger partial charge in [-0.1, -0.05) is 53.2 Å². The lowest BCUT2D eigenvalue weighted by atomic mass is 9.33. The lowest BCUT2D eigenvalue weighted by molar-refractivity contribution is -0.357. The number of hydrogen-bond donors (Lipinski definition) is 7. The topological polar surface area (TPSA) is 196 Å². The van der Waals surface area contributed by atoms with Gasteiger partial charge in [0, 0.05) is 5.41 Å². The summed E-state index contributed by atoms with van der Waals surface area (Å²) in [6.45, 7) is 15.3. The maximum atomic E-state index is 13.0. The second kappa shape index (κ2) is 13.5. The van der Waals surface area contributed by atoms with Crippen LogP contribution >= 0.6 is 0 Å². The second-order valence-corrected chi connectivity index (χ2v) is 20.0. The van der Waals surface area contributed by atoms with Gasteiger partial charge in [0.15, 0.2) is 12.6 Å². The number of aliphatic hydroxyl groups is 6. The van der Waals surface area contributed by atoms with E-state index in [2.05, 4.69) is 47.6 Å². The third-order valence-corrected chi connectivity index (χ3v) is 17.0. The van der Waals surface area contributed by atoms with Gasteiger partial charge in [-0.3, -0.25) is 4.79 Å². The van der Waals surface area contributed by atoms with Crippen LogP contribution in [0.15, 0.2) is 11.6 Å². The number of aliphatic hydroxyl groups excluding tert-OH is 6. The SMILES string of the molecule is C[C@@H]1O[C@@H](O[C@H]2CC[C@@]3(C)[C@@H](CC[C@]4(C)[C@@H]3CC=C3[C@H]5CC(C)(C)CC[C@]5(C(=O)O)CC[C@]34C)[C@]2(C)CO)[C@H](O)[C@H](O)[C@H]1O[C@@H]1OC[C@H](O)[C@H](O)[C@H]1O. The van der Waals surface area contributed by atoms with Gasteiger partial charge in [0.25, 0.3) is 0 Å². The fourth-order valence-corrected chi connectivity index (χ4v) is 13.4. The molecule has 0 amide bonds. The van der Waals surface area contributed by atoms with Gasteiger partial charge in [0.1, 0.15) is 36.6 Å². The molecule has 7 aliphatic rings. The molecule has 0 aromatic carbocycles. The molecule has 7 rings (SSSR count). The third kappa shape index (κ3) is 5.85. The maximum absolute atomic E-state index is 13.0. The van der Waals surface area contributed by atoms with Crippen molar-refractivity contribution in [3.8, 4) is 0 Å². The average Bonchev–Trinajstić information content (AvgIpc) is 3.09. The normalized spacial score (nSPS) is 55.1. The number of carboxylic acid groups (broad SMARTS) is 1. The second-order valence-electron chi connectivity index (χ2n) is 20.0. The standard InChI is InChI=1S/C41H66O12/c1-21-32(53-33-30(46)28(44)24(43)19-50-33)29(45)31(47)34(51-21)52-27-11-12-37(4)25(38(27,5)20-42)10-13-40(7)26(37)9-8-22-23-18-36(2,3)14-16-41(23,35(48)49)17-15-39(22,40)6/h8,21,23-34,42-47H,9-20H2,1-7H3,(H,48,49)/t21-,23+,24-,25+,26+,27-,28-,29-,30+,31+,32-,33-,34-,37-,38-,39+,40+,41-/m0/s1. The van der Waals surface area contributed by atoms with Gasteiger partial charge >= 0.3 is 5.97 Å². The number of aliphatic carboxylic acids is 1. The molecular weight excluding hydrogens is 684 g/mol. The lowest BCUT2D eigenvalue weighted by Gasteiger charge is -2.71. The van der Waals surface area contributed by atoms with E-state index in [0.29, 0.717) is 18.8 Å². The highest BCUT2D eigenvalue weighted by Gasteiger charge is 2.70. The van der Waals surface area contributed by atoms with Gasteiger partial charge in [-0.15, -0.1) is 0 Å². The Balaban J connectivity index is 1.10. The largest absolute Gasteiger partial charge is 0.481 e. The maximum Gasteiger partial charge on any atom is 0.310 e. The van der Waals surface area contributed by atoms with Crippen LogP contribution in [0.25, 0.3) is 0 Å². The van der Waals surface area contributed by atoms with Crippen molar-refractivity contribution in [2.24, 2.45) is 50.2 Å². The molecule has 18 atom stereocenters. The van der Waals surface area contributed by atoms with Crippen molar-refractivity contribution in [2.75, 3.05) is 13.2 Å². The van der Waals surface area contributed by atoms with Crippen molar-refractivity contribution in [1.29, 1.82) is 0 Å². The Labute approximate surface area is 314 Å². The van der Waals surface area contributed by atoms with Gasteiger partial charge in [-0.2, -0.15) is 0 Å². The molecule has 0 spiro atoms. The number of fused-ring (bicyclic) bond motifs is 7. The first-order valence-electron chi connectivity index (χ1n) is 20.2. The highest BCUT2D eigenvalue weighted by Crippen LogP contribution is 2.76. The van der Waals surface area contributed by atoms with Crippen LogP contribution in [0.4, 0.5) is 0 Å². The van der Waals surface area contributed by atoms with Gasteiger partial charge in [-0.25, -0.2) is 0 Å². The smallest absolute Gasteiger partial charge is 0.310 e. The number of rotatable bonds is 6. The summed E-state index contributed by atoms with van der Waals surface area (Å²) >= 11 is 0. The summed E-state index contributed by atoms with van der Waals surface area (Å²) in [5.41, 5.74) is -0.152. The van der Waals surface area contributed by atoms with Crippen molar-refractivity contribution < 1.29 is 59.5 Å². The average molecular weight is 751 g/mol. The molecular formula is C41H66O12. The Morgan fingerprint density at radius 2 is 1.51 bits per heavy atom. The predicted octanol–water partition coefficient (Wildman–Crippen LogP) is 3.52. The summed E-state index contributed by atoms with van der Waals surface area (Å²) in [7, 11) is 0. The molecule has 12 nitrogen and oxygen atoms in total. The van der Waals surface area contributed by atoms with Crippen LogP contribution in [0.5, 0.6) is 0 Å². The first-order chi connectivity index (χ1) is 24.7. The van der Waals surface area contributed by atoms with Gasteiger partial charge in [0.05, 0.1) is 30.8 Å². The molecule has 5 aliphatic carbocycles. The summed E-state index contributed by atoms with van der Waals surface area (Å²) in [5.74, 6) is -0.147. The monoisotopic (exact) mass is 750 g/mol. The molecule has 302 valence electrons. The highest BCUT2D eigenvalue weighted by molar-refractivity contribution is 5.76. The molecule has 0 bridgehead atoms. The predicted molar refractivity (Wildman–Crippen MR) is 192 cm³/mol. The van der Waals surface area contributed by atoms with E-state index < -0.39 is 78.2 Å². The highest BCUT2D eigenvalue weighted by atomic mass is 16.7. The zero-order valence-corrected chi connectivity index (χ0v) is 32.7. The number of carboxylic acids is 1. The summed E-state index contributed by atoms with van der Waals surface area (Å²) in [6.07, 6.45) is -1.40. The summed E-state index contributed by atoms with van der Waals surface area (Å²) in [6, 6.07) is 0. The van der Waals surface area contributed by atoms with E-state index in [1.807, 2.05) is 0 Å². The molecule has 0 aromatic rings. The quantitative estimate of drug-likeness (QED) is 0.155. The van der Waals surface area contributed by atoms with Crippen LogP contribution in [0.3, 0.4) is 0 Å². The molecule has 2 aliphatic heterocycles. The number of allylic oxidation sites excluding steroid dienone is 2. The molecule has 4 saturated carbocycles. The Hall–Kier alpha value is -1.19. The van der Waals surface area contributed by atoms with E-state index in [4.69, 9.17) is 18.9 Å². The number of hydrogen-bond acceptors (Lipinski definition) is 11. The molecule has 0 radical (unpaired) electrons. The van der Waals surface area contributed by atoms with Crippen molar-refractivity contribution >= 4 is 5.97 Å². The van der Waals surface area contributed by atoms with E-state index in [0.717, 1.165) is 51.4 Å². The molecule has 0 aromatic heterocycles. The zero-order chi connectivity index (χ0) is 38.7. The molecule has 2 saturated heterocycles. The Morgan fingerprint density at radius 3 is 2.19 bits per heavy atom. The Bertz CT molecular complexity index is 1440. The molecule has 6 fully saturated rings. The minimum Gasteiger partial charge on any atom is -0.481 e. The fourth-order valence-electron chi connectivity index (χ4n) is 13.4. The molecule has 2 heterocycles. The van der Waals surface area contributed by atoms with Gasteiger partial charge in [0.2, 0.25) is 0 Å². The van der Waals surface area contributed by atoms with Crippen molar-refractivity contribution in [1.82, 2.24) is 0 Å². The minimum absolute atomic E-state index is 0.0420. The minimum atomic E-state index is -1.56. The molecule has 12 heteroatoms. The lowest BCUT2D eigenvalue weighted by Crippen LogP contribution is -2.67. The van der Waals surface area contributed by atoms with E-state index in [1.54, 1.807) is 6.92 Å². The first-order valence-corrected chi connectivity index (χ1v) is 20.2. The van der Waals surface area contributed by atoms with E-state index >= 15 is 0 Å². The summed E-state index contributed by atoms with van der Waals surface area (Å²) in [4.78, 5) is 13.0. The third-order valence-electron chi connectivity index (χ3n) is 17.0. The van der Waals surface area contributed by atoms with E-state index in [1.165, 1.54) is 5.57 Å². The van der Waals surface area contributed by atoms with E-state index in [9.17, 15) is 40.5 Å². The molecule has 7 N–H and O–H groups in total. The van der Waals surface area contributed by atoms with Gasteiger partial charge < -0.3 is 54.7 Å². The Morgan fingerprint density at radius 1 is 0.830 bits per heavy atom. The van der Waals surface area contributed by atoms with E-state index in [-0.39, 0.29) is 46.7 Å². The van der Waals surface area contributed by atoms with Crippen LogP contribution in [-0.2, 0) is 23.7 Å². The Kier molecular flexibility index (Phi) is 10.2. The molecule has 53 heavy (non-hydrogen) atoms. The van der Waals surface area contributed by atoms with Crippen LogP contribution in [0.2, 0.25) is 0 Å². The van der Waals surface area contributed by atoms with Crippen molar-refractivity contribution in [3.05, 3.63) is 11.6 Å². The zero-order valence-electron chi connectivity index (χ0n) is 32.7. The van der Waals surface area contributed by atoms with Crippen LogP contribution in [-0.4, -0.2) is 116 Å². The van der Waals surface area contributed by atoms with Crippen molar-refractivity contribution in [3.63, 3.8) is 0 Å². The number of carbonyl (C=O) groups is 1.